The fourth-order valence-corrected chi connectivity index (χ4v) is 5.25. The molecule has 3 aromatic rings. The summed E-state index contributed by atoms with van der Waals surface area (Å²) in [4.78, 5) is 15.9. The minimum atomic E-state index is -3.79. The molecule has 0 aliphatic carbocycles. The Morgan fingerprint density at radius 1 is 1.21 bits per heavy atom. The number of rotatable bonds is 5. The molecule has 1 aliphatic rings. The van der Waals surface area contributed by atoms with E-state index in [4.69, 9.17) is 11.6 Å². The van der Waals surface area contributed by atoms with Crippen LogP contribution in [0.2, 0.25) is 5.02 Å². The molecular weight excluding hydrogens is 412 g/mol. The van der Waals surface area contributed by atoms with Gasteiger partial charge >= 0.3 is 0 Å². The van der Waals surface area contributed by atoms with Crippen molar-refractivity contribution in [1.82, 2.24) is 14.7 Å². The average molecular weight is 431 g/mol. The Morgan fingerprint density at radius 3 is 2.76 bits per heavy atom. The second-order valence-corrected chi connectivity index (χ2v) is 9.08. The second-order valence-electron chi connectivity index (χ2n) is 6.75. The van der Waals surface area contributed by atoms with Gasteiger partial charge in [-0.05, 0) is 43.2 Å². The van der Waals surface area contributed by atoms with Gasteiger partial charge in [0.25, 0.3) is 5.91 Å². The van der Waals surface area contributed by atoms with Crippen LogP contribution in [0, 0.1) is 0 Å². The van der Waals surface area contributed by atoms with Crippen molar-refractivity contribution < 1.29 is 13.2 Å². The molecule has 2 heterocycles. The van der Waals surface area contributed by atoms with Crippen molar-refractivity contribution in [3.8, 4) is 0 Å². The van der Waals surface area contributed by atoms with Gasteiger partial charge in [-0.25, -0.2) is 13.8 Å². The number of nitrogens with zero attached hydrogens (tertiary/aromatic N) is 2. The molecule has 7 nitrogen and oxygen atoms in total. The van der Waals surface area contributed by atoms with E-state index < -0.39 is 22.0 Å². The van der Waals surface area contributed by atoms with E-state index in [1.54, 1.807) is 12.4 Å². The largest absolute Gasteiger partial charge is 0.361 e. The summed E-state index contributed by atoms with van der Waals surface area (Å²) in [6, 6.07) is 12.9. The maximum atomic E-state index is 12.9. The summed E-state index contributed by atoms with van der Waals surface area (Å²) >= 11 is 5.85. The Balaban J connectivity index is 1.48. The van der Waals surface area contributed by atoms with Gasteiger partial charge in [0, 0.05) is 34.2 Å². The van der Waals surface area contributed by atoms with Crippen LogP contribution in [0.5, 0.6) is 0 Å². The van der Waals surface area contributed by atoms with Crippen LogP contribution in [-0.4, -0.2) is 42.4 Å². The highest BCUT2D eigenvalue weighted by molar-refractivity contribution is 7.89. The molecule has 150 valence electrons. The first-order valence-electron chi connectivity index (χ1n) is 9.13. The molecule has 0 radical (unpaired) electrons. The third kappa shape index (κ3) is 3.91. The van der Waals surface area contributed by atoms with Gasteiger partial charge in [0.1, 0.15) is 6.04 Å². The fourth-order valence-electron chi connectivity index (χ4n) is 3.47. The predicted octanol–water partition coefficient (Wildman–Crippen LogP) is 3.12. The molecular formula is C20H19ClN4O3S. The number of H-pyrrole nitrogens is 1. The van der Waals surface area contributed by atoms with Gasteiger partial charge in [0.15, 0.2) is 0 Å². The molecule has 1 atom stereocenters. The molecule has 2 N–H and O–H groups in total. The molecule has 9 heteroatoms. The molecule has 0 spiro atoms. The Bertz CT molecular complexity index is 1170. The summed E-state index contributed by atoms with van der Waals surface area (Å²) < 4.78 is 27.1. The van der Waals surface area contributed by atoms with Gasteiger partial charge < -0.3 is 4.98 Å². The van der Waals surface area contributed by atoms with Gasteiger partial charge in [-0.2, -0.15) is 9.41 Å². The number of amides is 1. The van der Waals surface area contributed by atoms with Crippen LogP contribution in [0.1, 0.15) is 18.4 Å². The van der Waals surface area contributed by atoms with Crippen LogP contribution in [-0.2, 0) is 14.8 Å². The molecule has 4 rings (SSSR count). The average Bonchev–Trinajstić information content (AvgIpc) is 3.36. The van der Waals surface area contributed by atoms with Crippen LogP contribution in [0.25, 0.3) is 10.9 Å². The topological polar surface area (TPSA) is 94.6 Å². The van der Waals surface area contributed by atoms with E-state index in [0.29, 0.717) is 17.9 Å². The molecule has 1 amide bonds. The lowest BCUT2D eigenvalue weighted by Crippen LogP contribution is -2.44. The molecule has 0 bridgehead atoms. The summed E-state index contributed by atoms with van der Waals surface area (Å²) in [6.45, 7) is 0.287. The molecule has 0 saturated carbocycles. The highest BCUT2D eigenvalue weighted by Gasteiger charge is 2.39. The number of fused-ring (bicyclic) bond motifs is 1. The molecule has 1 aromatic heterocycles. The standard InChI is InChI=1S/C20H19ClN4O3S/c21-15-7-9-16(10-8-15)29(27,28)25-11-3-6-19(25)20(26)24-23-13-14-12-22-18-5-2-1-4-17(14)18/h1-2,4-5,7-10,12-13,19,22H,3,6,11H2,(H,24,26)/b23-13-/t19-/m0/s1. The number of hydrogen-bond acceptors (Lipinski definition) is 4. The van der Waals surface area contributed by atoms with Crippen molar-refractivity contribution in [2.75, 3.05) is 6.54 Å². The number of aromatic amines is 1. The number of sulfonamides is 1. The monoisotopic (exact) mass is 430 g/mol. The number of carbonyl (C=O) groups is 1. The molecule has 1 aliphatic heterocycles. The van der Waals surface area contributed by atoms with Crippen LogP contribution < -0.4 is 5.43 Å². The minimum absolute atomic E-state index is 0.115. The number of carbonyl (C=O) groups excluding carboxylic acids is 1. The summed E-state index contributed by atoms with van der Waals surface area (Å²) in [5.74, 6) is -0.448. The van der Waals surface area contributed by atoms with Crippen LogP contribution in [0.15, 0.2) is 64.7 Å². The van der Waals surface area contributed by atoms with Gasteiger partial charge in [-0.1, -0.05) is 29.8 Å². The Morgan fingerprint density at radius 2 is 1.97 bits per heavy atom. The van der Waals surface area contributed by atoms with E-state index in [1.807, 2.05) is 24.3 Å². The van der Waals surface area contributed by atoms with Gasteiger partial charge in [-0.3, -0.25) is 4.79 Å². The van der Waals surface area contributed by atoms with Gasteiger partial charge in [0.05, 0.1) is 11.1 Å². The third-order valence-corrected chi connectivity index (χ3v) is 7.10. The van der Waals surface area contributed by atoms with Gasteiger partial charge in [0.2, 0.25) is 10.0 Å². The number of aromatic nitrogens is 1. The van der Waals surface area contributed by atoms with Crippen LogP contribution in [0.4, 0.5) is 0 Å². The maximum Gasteiger partial charge on any atom is 0.258 e. The maximum absolute atomic E-state index is 12.9. The highest BCUT2D eigenvalue weighted by Crippen LogP contribution is 2.27. The molecule has 1 saturated heterocycles. The second kappa shape index (κ2) is 7.98. The van der Waals surface area contributed by atoms with E-state index >= 15 is 0 Å². The third-order valence-electron chi connectivity index (χ3n) is 4.93. The van der Waals surface area contributed by atoms with Gasteiger partial charge in [-0.15, -0.1) is 0 Å². The SMILES string of the molecule is O=C(N/N=C\c1c[nH]c2ccccc12)[C@@H]1CCCN1S(=O)(=O)c1ccc(Cl)cc1. The zero-order chi connectivity index (χ0) is 20.4. The summed E-state index contributed by atoms with van der Waals surface area (Å²) in [5, 5.41) is 5.46. The minimum Gasteiger partial charge on any atom is -0.361 e. The van der Waals surface area contributed by atoms with Crippen molar-refractivity contribution in [1.29, 1.82) is 0 Å². The zero-order valence-electron chi connectivity index (χ0n) is 15.4. The number of hydrazone groups is 1. The summed E-state index contributed by atoms with van der Waals surface area (Å²) in [7, 11) is -3.79. The zero-order valence-corrected chi connectivity index (χ0v) is 16.9. The van der Waals surface area contributed by atoms with Crippen molar-refractivity contribution in [3.63, 3.8) is 0 Å². The number of nitrogens with one attached hydrogen (secondary N) is 2. The summed E-state index contributed by atoms with van der Waals surface area (Å²) in [6.07, 6.45) is 4.40. The lowest BCUT2D eigenvalue weighted by atomic mass is 10.2. The van der Waals surface area contributed by atoms with E-state index in [1.165, 1.54) is 28.6 Å². The first-order chi connectivity index (χ1) is 14.0. The first-order valence-corrected chi connectivity index (χ1v) is 10.9. The van der Waals surface area contributed by atoms with Crippen LogP contribution >= 0.6 is 11.6 Å². The summed E-state index contributed by atoms with van der Waals surface area (Å²) in [5.41, 5.74) is 4.28. The Hall–Kier alpha value is -2.68. The number of para-hydroxylation sites is 1. The van der Waals surface area contributed by atoms with Crippen LogP contribution in [0.3, 0.4) is 0 Å². The molecule has 29 heavy (non-hydrogen) atoms. The Kier molecular flexibility index (Phi) is 5.40. The normalized spacial score (nSPS) is 17.9. The number of hydrogen-bond donors (Lipinski definition) is 2. The lowest BCUT2D eigenvalue weighted by Gasteiger charge is -2.22. The van der Waals surface area contributed by atoms with Crippen molar-refractivity contribution >= 4 is 44.6 Å². The smallest absolute Gasteiger partial charge is 0.258 e. The molecule has 1 fully saturated rings. The van der Waals surface area contributed by atoms with Crippen molar-refractivity contribution in [2.24, 2.45) is 5.10 Å². The lowest BCUT2D eigenvalue weighted by molar-refractivity contribution is -0.124. The number of halogens is 1. The Labute approximate surface area is 173 Å². The quantitative estimate of drug-likeness (QED) is 0.481. The first kappa shape index (κ1) is 19.6. The highest BCUT2D eigenvalue weighted by atomic mass is 35.5. The fraction of sp³-hybridized carbons (Fsp3) is 0.200. The molecule has 0 unspecified atom stereocenters. The van der Waals surface area contributed by atoms with E-state index in [2.05, 4.69) is 15.5 Å². The number of benzene rings is 2. The van der Waals surface area contributed by atoms with E-state index in [-0.39, 0.29) is 11.4 Å². The van der Waals surface area contributed by atoms with E-state index in [9.17, 15) is 13.2 Å². The predicted molar refractivity (Wildman–Crippen MR) is 112 cm³/mol. The van der Waals surface area contributed by atoms with Crippen molar-refractivity contribution in [2.45, 2.75) is 23.8 Å². The van der Waals surface area contributed by atoms with Crippen molar-refractivity contribution in [3.05, 3.63) is 65.3 Å². The van der Waals surface area contributed by atoms with E-state index in [0.717, 1.165) is 16.5 Å². The molecule has 2 aromatic carbocycles.